The quantitative estimate of drug-likeness (QED) is 0.858. The smallest absolute Gasteiger partial charge is 0.322 e. The van der Waals surface area contributed by atoms with E-state index in [4.69, 9.17) is 5.11 Å². The fourth-order valence-corrected chi connectivity index (χ4v) is 2.81. The third-order valence-corrected chi connectivity index (χ3v) is 3.85. The predicted molar refractivity (Wildman–Crippen MR) is 62.9 cm³/mol. The van der Waals surface area contributed by atoms with Crippen molar-refractivity contribution in [3.8, 4) is 0 Å². The summed E-state index contributed by atoms with van der Waals surface area (Å²) in [5.41, 5.74) is 0. The summed E-state index contributed by atoms with van der Waals surface area (Å²) in [7, 11) is -4.45. The molecule has 2 N–H and O–H groups in total. The topological polar surface area (TPSA) is 83.5 Å². The lowest BCUT2D eigenvalue weighted by molar-refractivity contribution is -0.140. The predicted octanol–water partition coefficient (Wildman–Crippen LogP) is 1.35. The molecular weight excluding hydrogens is 280 g/mol. The van der Waals surface area contributed by atoms with Crippen molar-refractivity contribution in [2.45, 2.75) is 24.8 Å². The summed E-state index contributed by atoms with van der Waals surface area (Å²) in [6, 6.07) is 0.505. The molecule has 0 aromatic heterocycles. The molecule has 0 amide bonds. The Morgan fingerprint density at radius 3 is 2.37 bits per heavy atom. The van der Waals surface area contributed by atoms with Crippen LogP contribution in [0.1, 0.15) is 13.8 Å². The Kier molecular flexibility index (Phi) is 4.59. The number of hydrogen-bond donors (Lipinski definition) is 2. The molecule has 1 aromatic rings. The molecule has 19 heavy (non-hydrogen) atoms. The molecule has 0 fully saturated rings. The van der Waals surface area contributed by atoms with Gasteiger partial charge >= 0.3 is 5.97 Å². The van der Waals surface area contributed by atoms with Gasteiger partial charge in [0.2, 0.25) is 10.0 Å². The van der Waals surface area contributed by atoms with Crippen LogP contribution in [0.25, 0.3) is 0 Å². The Morgan fingerprint density at radius 1 is 1.32 bits per heavy atom. The molecule has 0 aliphatic heterocycles. The van der Waals surface area contributed by atoms with E-state index in [1.807, 2.05) is 4.72 Å². The van der Waals surface area contributed by atoms with E-state index in [0.717, 1.165) is 6.07 Å². The van der Waals surface area contributed by atoms with Crippen LogP contribution in [0, 0.1) is 17.6 Å². The SMILES string of the molecule is CC(C)[C@@H](NS(=O)(=O)c1cc(F)ccc1F)C(=O)O. The molecule has 106 valence electrons. The van der Waals surface area contributed by atoms with Gasteiger partial charge in [0.15, 0.2) is 0 Å². The zero-order valence-corrected chi connectivity index (χ0v) is 11.0. The summed E-state index contributed by atoms with van der Waals surface area (Å²) in [4.78, 5) is 9.99. The molecule has 1 rings (SSSR count). The molecule has 8 heteroatoms. The highest BCUT2D eigenvalue weighted by Gasteiger charge is 2.29. The van der Waals surface area contributed by atoms with Gasteiger partial charge in [0.1, 0.15) is 22.6 Å². The van der Waals surface area contributed by atoms with Gasteiger partial charge in [-0.25, -0.2) is 17.2 Å². The Hall–Kier alpha value is -1.54. The summed E-state index contributed by atoms with van der Waals surface area (Å²) in [6.07, 6.45) is 0. The van der Waals surface area contributed by atoms with Crippen LogP contribution >= 0.6 is 0 Å². The fourth-order valence-electron chi connectivity index (χ4n) is 1.39. The van der Waals surface area contributed by atoms with Gasteiger partial charge < -0.3 is 5.11 Å². The number of rotatable bonds is 5. The number of carboxylic acid groups (broad SMARTS) is 1. The van der Waals surface area contributed by atoms with Crippen LogP contribution in [0.15, 0.2) is 23.1 Å². The van der Waals surface area contributed by atoms with Crippen molar-refractivity contribution in [3.05, 3.63) is 29.8 Å². The van der Waals surface area contributed by atoms with Gasteiger partial charge in [-0.3, -0.25) is 4.79 Å². The highest BCUT2D eigenvalue weighted by atomic mass is 32.2. The average Bonchev–Trinajstić information content (AvgIpc) is 2.28. The number of benzene rings is 1. The van der Waals surface area contributed by atoms with E-state index in [-0.39, 0.29) is 0 Å². The number of carboxylic acids is 1. The first-order valence-electron chi connectivity index (χ1n) is 5.35. The number of halogens is 2. The Bertz CT molecular complexity index is 586. The molecule has 0 aliphatic carbocycles. The van der Waals surface area contributed by atoms with Gasteiger partial charge in [-0.1, -0.05) is 13.8 Å². The zero-order chi connectivity index (χ0) is 14.8. The maximum Gasteiger partial charge on any atom is 0.322 e. The molecule has 1 aromatic carbocycles. The van der Waals surface area contributed by atoms with Gasteiger partial charge in [0.25, 0.3) is 0 Å². The third kappa shape index (κ3) is 3.71. The standard InChI is InChI=1S/C11H13F2NO4S/c1-6(2)10(11(15)16)14-19(17,18)9-5-7(12)3-4-8(9)13/h3-6,10,14H,1-2H3,(H,15,16)/t10-/m1/s1. The van der Waals surface area contributed by atoms with Gasteiger partial charge in [0.05, 0.1) is 0 Å². The first kappa shape index (κ1) is 15.5. The van der Waals surface area contributed by atoms with E-state index < -0.39 is 44.5 Å². The number of sulfonamides is 1. The lowest BCUT2D eigenvalue weighted by atomic mass is 10.1. The molecule has 1 atom stereocenters. The van der Waals surface area contributed by atoms with Crippen molar-refractivity contribution in [3.63, 3.8) is 0 Å². The highest BCUT2D eigenvalue weighted by Crippen LogP contribution is 2.17. The van der Waals surface area contributed by atoms with Crippen molar-refractivity contribution >= 4 is 16.0 Å². The molecule has 0 saturated heterocycles. The second-order valence-corrected chi connectivity index (χ2v) is 5.94. The largest absolute Gasteiger partial charge is 0.480 e. The number of carbonyl (C=O) groups is 1. The van der Waals surface area contributed by atoms with Crippen molar-refractivity contribution in [1.82, 2.24) is 4.72 Å². The van der Waals surface area contributed by atoms with Gasteiger partial charge in [-0.05, 0) is 24.1 Å². The molecule has 0 bridgehead atoms. The van der Waals surface area contributed by atoms with Gasteiger partial charge in [0, 0.05) is 0 Å². The maximum atomic E-state index is 13.4. The first-order chi connectivity index (χ1) is 8.65. The lowest BCUT2D eigenvalue weighted by Gasteiger charge is -2.18. The number of nitrogens with one attached hydrogen (secondary N) is 1. The highest BCUT2D eigenvalue weighted by molar-refractivity contribution is 7.89. The number of aliphatic carboxylic acids is 1. The summed E-state index contributed by atoms with van der Waals surface area (Å²) >= 11 is 0. The Balaban J connectivity index is 3.17. The molecule has 0 spiro atoms. The normalized spacial score (nSPS) is 13.5. The van der Waals surface area contributed by atoms with Crippen LogP contribution in [-0.4, -0.2) is 25.5 Å². The van der Waals surface area contributed by atoms with Crippen LogP contribution in [-0.2, 0) is 14.8 Å². The summed E-state index contributed by atoms with van der Waals surface area (Å²) in [6.45, 7) is 2.98. The van der Waals surface area contributed by atoms with Crippen molar-refractivity contribution < 1.29 is 27.1 Å². The third-order valence-electron chi connectivity index (χ3n) is 2.40. The molecule has 0 aliphatic rings. The van der Waals surface area contributed by atoms with Crippen molar-refractivity contribution in [1.29, 1.82) is 0 Å². The van der Waals surface area contributed by atoms with Crippen molar-refractivity contribution in [2.24, 2.45) is 5.92 Å². The minimum absolute atomic E-state index is 0.497. The van der Waals surface area contributed by atoms with Crippen molar-refractivity contribution in [2.75, 3.05) is 0 Å². The minimum atomic E-state index is -4.45. The lowest BCUT2D eigenvalue weighted by Crippen LogP contribution is -2.44. The summed E-state index contributed by atoms with van der Waals surface area (Å²) in [5.74, 6) is -4.03. The molecule has 0 heterocycles. The second kappa shape index (κ2) is 5.62. The Morgan fingerprint density at radius 2 is 1.89 bits per heavy atom. The summed E-state index contributed by atoms with van der Waals surface area (Å²) in [5, 5.41) is 8.88. The van der Waals surface area contributed by atoms with Crippen LogP contribution in [0.3, 0.4) is 0 Å². The average molecular weight is 293 g/mol. The molecule has 0 unspecified atom stereocenters. The minimum Gasteiger partial charge on any atom is -0.480 e. The van der Waals surface area contributed by atoms with E-state index in [2.05, 4.69) is 0 Å². The van der Waals surface area contributed by atoms with Crippen LogP contribution < -0.4 is 4.72 Å². The van der Waals surface area contributed by atoms with E-state index in [1.165, 1.54) is 13.8 Å². The Labute approximate surface area is 109 Å². The van der Waals surface area contributed by atoms with E-state index in [9.17, 15) is 22.0 Å². The second-order valence-electron chi connectivity index (χ2n) is 4.26. The molecule has 0 radical (unpaired) electrons. The molecule has 5 nitrogen and oxygen atoms in total. The first-order valence-corrected chi connectivity index (χ1v) is 6.83. The van der Waals surface area contributed by atoms with Crippen LogP contribution in [0.5, 0.6) is 0 Å². The van der Waals surface area contributed by atoms with Crippen LogP contribution in [0.2, 0.25) is 0 Å². The van der Waals surface area contributed by atoms with E-state index in [1.54, 1.807) is 0 Å². The zero-order valence-electron chi connectivity index (χ0n) is 10.2. The monoisotopic (exact) mass is 293 g/mol. The maximum absolute atomic E-state index is 13.4. The fraction of sp³-hybridized carbons (Fsp3) is 0.364. The molecule has 0 saturated carbocycles. The summed E-state index contributed by atoms with van der Waals surface area (Å²) < 4.78 is 51.9. The molecular formula is C11H13F2NO4S. The number of hydrogen-bond acceptors (Lipinski definition) is 3. The van der Waals surface area contributed by atoms with E-state index >= 15 is 0 Å². The van der Waals surface area contributed by atoms with Crippen LogP contribution in [0.4, 0.5) is 8.78 Å². The van der Waals surface area contributed by atoms with Gasteiger partial charge in [-0.15, -0.1) is 0 Å². The van der Waals surface area contributed by atoms with E-state index in [0.29, 0.717) is 12.1 Å². The van der Waals surface area contributed by atoms with Gasteiger partial charge in [-0.2, -0.15) is 4.72 Å².